The van der Waals surface area contributed by atoms with E-state index in [1.807, 2.05) is 18.2 Å². The van der Waals surface area contributed by atoms with Crippen molar-refractivity contribution in [2.75, 3.05) is 32.2 Å². The molecule has 9 nitrogen and oxygen atoms in total. The molecule has 0 radical (unpaired) electrons. The first-order chi connectivity index (χ1) is 20.2. The highest BCUT2D eigenvalue weighted by atomic mass is 19.4. The molecule has 12 heteroatoms. The number of benzene rings is 2. The third-order valence-corrected chi connectivity index (χ3v) is 7.24. The van der Waals surface area contributed by atoms with Crippen molar-refractivity contribution in [1.29, 1.82) is 5.41 Å². The van der Waals surface area contributed by atoms with Gasteiger partial charge < -0.3 is 30.0 Å². The van der Waals surface area contributed by atoms with Crippen molar-refractivity contribution in [1.82, 2.24) is 9.88 Å². The monoisotopic (exact) mass is 582 g/mol. The average molecular weight is 583 g/mol. The van der Waals surface area contributed by atoms with Gasteiger partial charge in [0.2, 0.25) is 5.88 Å². The number of carboxylic acid groups (broad SMARTS) is 1. The molecule has 0 bridgehead atoms. The van der Waals surface area contributed by atoms with E-state index in [0.29, 0.717) is 12.3 Å². The lowest BCUT2D eigenvalue weighted by molar-refractivity contribution is -0.139. The van der Waals surface area contributed by atoms with Gasteiger partial charge in [0, 0.05) is 24.9 Å². The number of aromatic nitrogens is 1. The van der Waals surface area contributed by atoms with Crippen LogP contribution in [0.5, 0.6) is 5.75 Å². The number of carboxylic acids is 1. The summed E-state index contributed by atoms with van der Waals surface area (Å²) < 4.78 is 58.6. The van der Waals surface area contributed by atoms with Gasteiger partial charge >= 0.3 is 12.1 Å². The summed E-state index contributed by atoms with van der Waals surface area (Å²) in [5.74, 6) is -1.91. The lowest BCUT2D eigenvalue weighted by atomic mass is 9.96. The van der Waals surface area contributed by atoms with Gasteiger partial charge in [0.25, 0.3) is 0 Å². The van der Waals surface area contributed by atoms with Crippen molar-refractivity contribution < 1.29 is 37.3 Å². The van der Waals surface area contributed by atoms with Crippen molar-refractivity contribution >= 4 is 18.0 Å². The van der Waals surface area contributed by atoms with Crippen LogP contribution >= 0.6 is 0 Å². The Morgan fingerprint density at radius 3 is 2.64 bits per heavy atom. The molecule has 3 N–H and O–H groups in total. The third kappa shape index (κ3) is 6.24. The second-order valence-corrected chi connectivity index (χ2v) is 9.91. The summed E-state index contributed by atoms with van der Waals surface area (Å²) in [6.45, 7) is 3.12. The number of alkyl halides is 3. The van der Waals surface area contributed by atoms with Crippen molar-refractivity contribution in [2.24, 2.45) is 0 Å². The van der Waals surface area contributed by atoms with Crippen LogP contribution in [0.25, 0.3) is 11.3 Å². The Morgan fingerprint density at radius 2 is 1.98 bits per heavy atom. The number of aliphatic carboxylic acids is 1. The number of methoxy groups -OCH3 is 1. The lowest BCUT2D eigenvalue weighted by Gasteiger charge is -2.40. The Kier molecular flexibility index (Phi) is 8.46. The van der Waals surface area contributed by atoms with E-state index in [1.54, 1.807) is 6.07 Å². The maximum Gasteiger partial charge on any atom is 0.419 e. The number of hydrogen-bond donors (Lipinski definition) is 3. The van der Waals surface area contributed by atoms with Crippen molar-refractivity contribution in [3.05, 3.63) is 88.3 Å². The normalized spacial score (nSPS) is 16.1. The number of pyridine rings is 1. The van der Waals surface area contributed by atoms with Crippen LogP contribution < -0.4 is 10.1 Å². The summed E-state index contributed by atoms with van der Waals surface area (Å²) in [6.07, 6.45) is -3.23. The number of halogens is 3. The number of anilines is 1. The van der Waals surface area contributed by atoms with Crippen LogP contribution in [0.2, 0.25) is 0 Å². The molecule has 0 spiro atoms. The molecule has 0 amide bonds. The molecule has 1 saturated heterocycles. The zero-order valence-electron chi connectivity index (χ0n) is 22.7. The van der Waals surface area contributed by atoms with E-state index in [9.17, 15) is 23.1 Å². The van der Waals surface area contributed by atoms with E-state index >= 15 is 0 Å². The quantitative estimate of drug-likeness (QED) is 0.172. The fraction of sp³-hybridized carbons (Fsp3) is 0.300. The summed E-state index contributed by atoms with van der Waals surface area (Å²) in [7, 11) is 1.22. The summed E-state index contributed by atoms with van der Waals surface area (Å²) in [5.41, 5.74) is 1.98. The minimum atomic E-state index is -4.68. The maximum atomic E-state index is 14.1. The van der Waals surface area contributed by atoms with E-state index in [2.05, 4.69) is 15.2 Å². The standard InChI is InChI=1S/C30H29F3N4O5/c1-40-28(23(13-34)29(38)39)36-26-7-3-6-25(35-26)22-4-2-5-24(30(31,32)33)27(22)42-15-18-8-9-20-14-37(21-16-41-17-21)11-10-19(20)12-18/h2-9,12-13,21,34H,10-11,14-17H2,1H3,(H,35,36)(H,38,39)/b28-23-,34-13?. The smallest absolute Gasteiger partial charge is 0.419 e. The molecular weight excluding hydrogens is 553 g/mol. The van der Waals surface area contributed by atoms with Gasteiger partial charge in [0.05, 0.1) is 37.6 Å². The van der Waals surface area contributed by atoms with Crippen LogP contribution in [-0.4, -0.2) is 60.1 Å². The van der Waals surface area contributed by atoms with Gasteiger partial charge in [-0.2, -0.15) is 13.2 Å². The number of ether oxygens (including phenoxy) is 3. The van der Waals surface area contributed by atoms with Crippen molar-refractivity contribution in [3.63, 3.8) is 0 Å². The number of carbonyl (C=O) groups is 1. The second-order valence-electron chi connectivity index (χ2n) is 9.91. The Hall–Kier alpha value is -4.42. The summed E-state index contributed by atoms with van der Waals surface area (Å²) in [5, 5.41) is 19.3. The molecule has 3 heterocycles. The predicted molar refractivity (Wildman–Crippen MR) is 148 cm³/mol. The highest BCUT2D eigenvalue weighted by Gasteiger charge is 2.36. The Morgan fingerprint density at radius 1 is 1.19 bits per heavy atom. The molecule has 220 valence electrons. The predicted octanol–water partition coefficient (Wildman–Crippen LogP) is 5.11. The van der Waals surface area contributed by atoms with Gasteiger partial charge in [0.1, 0.15) is 23.7 Å². The van der Waals surface area contributed by atoms with Gasteiger partial charge in [-0.1, -0.05) is 30.3 Å². The fourth-order valence-corrected chi connectivity index (χ4v) is 4.96. The SMILES string of the molecule is CO/C(Nc1cccc(-c2cccc(C(F)(F)F)c2OCc2ccc3c(c2)CCN(C2COC2)C3)n1)=C(/C=N)C(=O)O. The van der Waals surface area contributed by atoms with Crippen molar-refractivity contribution in [3.8, 4) is 17.0 Å². The van der Waals surface area contributed by atoms with Crippen LogP contribution in [0.1, 0.15) is 22.3 Å². The number of rotatable bonds is 10. The molecule has 2 aliphatic heterocycles. The number of nitrogens with zero attached hydrogens (tertiary/aromatic N) is 2. The largest absolute Gasteiger partial charge is 0.488 e. The molecule has 1 aromatic heterocycles. The number of para-hydroxylation sites is 1. The fourth-order valence-electron chi connectivity index (χ4n) is 4.96. The van der Waals surface area contributed by atoms with Gasteiger partial charge in [0.15, 0.2) is 0 Å². The zero-order chi connectivity index (χ0) is 29.9. The van der Waals surface area contributed by atoms with Gasteiger partial charge in [-0.3, -0.25) is 4.90 Å². The number of nitrogens with one attached hydrogen (secondary N) is 2. The molecule has 5 rings (SSSR count). The van der Waals surface area contributed by atoms with Crippen LogP contribution in [-0.2, 0) is 40.0 Å². The van der Waals surface area contributed by atoms with E-state index < -0.39 is 23.3 Å². The minimum absolute atomic E-state index is 0.0800. The topological polar surface area (TPSA) is 117 Å². The zero-order valence-corrected chi connectivity index (χ0v) is 22.7. The second kappa shape index (κ2) is 12.2. The summed E-state index contributed by atoms with van der Waals surface area (Å²) >= 11 is 0. The summed E-state index contributed by atoms with van der Waals surface area (Å²) in [6, 6.07) is 14.6. The van der Waals surface area contributed by atoms with Crippen molar-refractivity contribution in [2.45, 2.75) is 31.8 Å². The lowest BCUT2D eigenvalue weighted by Crippen LogP contribution is -2.50. The van der Waals surface area contributed by atoms with Gasteiger partial charge in [-0.25, -0.2) is 9.78 Å². The highest BCUT2D eigenvalue weighted by Crippen LogP contribution is 2.42. The molecule has 42 heavy (non-hydrogen) atoms. The number of hydrogen-bond acceptors (Lipinski definition) is 8. The molecule has 0 saturated carbocycles. The minimum Gasteiger partial charge on any atom is -0.488 e. The Labute approximate surface area is 240 Å². The molecule has 2 aliphatic rings. The molecule has 0 atom stereocenters. The Bertz CT molecular complexity index is 1520. The average Bonchev–Trinajstić information content (AvgIpc) is 2.94. The first-order valence-electron chi connectivity index (χ1n) is 13.2. The molecule has 0 unspecified atom stereocenters. The van der Waals surface area contributed by atoms with E-state index in [0.717, 1.165) is 49.9 Å². The van der Waals surface area contributed by atoms with Crippen LogP contribution in [0.3, 0.4) is 0 Å². The van der Waals surface area contributed by atoms with E-state index in [-0.39, 0.29) is 35.3 Å². The summed E-state index contributed by atoms with van der Waals surface area (Å²) in [4.78, 5) is 18.2. The molecule has 1 fully saturated rings. The van der Waals surface area contributed by atoms with Crippen LogP contribution in [0.15, 0.2) is 66.1 Å². The third-order valence-electron chi connectivity index (χ3n) is 7.24. The molecule has 2 aromatic carbocycles. The van der Waals surface area contributed by atoms with Crippen LogP contribution in [0.4, 0.5) is 19.0 Å². The number of fused-ring (bicyclic) bond motifs is 1. The van der Waals surface area contributed by atoms with E-state index in [1.165, 1.54) is 36.9 Å². The van der Waals surface area contributed by atoms with Crippen LogP contribution in [0, 0.1) is 5.41 Å². The molecule has 3 aromatic rings. The Balaban J connectivity index is 1.42. The van der Waals surface area contributed by atoms with E-state index in [4.69, 9.17) is 19.6 Å². The first kappa shape index (κ1) is 29.1. The molecule has 0 aliphatic carbocycles. The highest BCUT2D eigenvalue weighted by molar-refractivity contribution is 6.08. The first-order valence-corrected chi connectivity index (χ1v) is 13.2. The molecular formula is C30H29F3N4O5. The maximum absolute atomic E-state index is 14.1. The van der Waals surface area contributed by atoms with Gasteiger partial charge in [-0.15, -0.1) is 0 Å². The van der Waals surface area contributed by atoms with Gasteiger partial charge in [-0.05, 0) is 47.4 Å².